The number of anilines is 2. The Balaban J connectivity index is 1.42. The number of amides is 1. The number of pyridine rings is 1. The van der Waals surface area contributed by atoms with Gasteiger partial charge in [0.25, 0.3) is 5.56 Å². The Bertz CT molecular complexity index is 1950. The molecule has 12 heteroatoms. The first-order chi connectivity index (χ1) is 21.4. The number of hydrogen-bond donors (Lipinski definition) is 2. The lowest BCUT2D eigenvalue weighted by Crippen LogP contribution is -2.47. The summed E-state index contributed by atoms with van der Waals surface area (Å²) in [6, 6.07) is 14.0. The quantitative estimate of drug-likeness (QED) is 0.365. The number of carbonyl (C=O) groups excluding carboxylic acids is 1. The fourth-order valence-electron chi connectivity index (χ4n) is 6.39. The van der Waals surface area contributed by atoms with Gasteiger partial charge in [-0.2, -0.15) is 0 Å². The zero-order chi connectivity index (χ0) is 32.0. The Labute approximate surface area is 260 Å². The highest BCUT2D eigenvalue weighted by atomic mass is 32.2. The van der Waals surface area contributed by atoms with Gasteiger partial charge in [0.15, 0.2) is 9.84 Å². The normalized spacial score (nSPS) is 18.7. The van der Waals surface area contributed by atoms with E-state index in [9.17, 15) is 22.4 Å². The third-order valence-electron chi connectivity index (χ3n) is 8.42. The van der Waals surface area contributed by atoms with Crippen LogP contribution in [0.25, 0.3) is 11.3 Å². The first-order valence-electron chi connectivity index (χ1n) is 14.5. The number of allylic oxidation sites excluding steroid dienone is 1. The van der Waals surface area contributed by atoms with Gasteiger partial charge in [-0.05, 0) is 59.5 Å². The number of nitrogens with one attached hydrogen (secondary N) is 2. The van der Waals surface area contributed by atoms with Gasteiger partial charge in [0, 0.05) is 63.3 Å². The van der Waals surface area contributed by atoms with Gasteiger partial charge in [-0.3, -0.25) is 20.0 Å². The Morgan fingerprint density at radius 2 is 1.89 bits per heavy atom. The van der Waals surface area contributed by atoms with Crippen LogP contribution < -0.4 is 26.2 Å². The molecule has 0 fully saturated rings. The molecule has 0 saturated heterocycles. The summed E-state index contributed by atoms with van der Waals surface area (Å²) in [5.74, 6) is -2.23. The number of aromatic nitrogens is 1. The molecular weight excluding hydrogens is 600 g/mol. The van der Waals surface area contributed by atoms with Crippen LogP contribution in [0.2, 0.25) is 0 Å². The van der Waals surface area contributed by atoms with Gasteiger partial charge < -0.3 is 14.8 Å². The number of para-hydroxylation sites is 1. The van der Waals surface area contributed by atoms with Crippen LogP contribution in [0, 0.1) is 17.6 Å². The topological polar surface area (TPSA) is 104 Å². The van der Waals surface area contributed by atoms with Gasteiger partial charge in [-0.15, -0.1) is 0 Å². The van der Waals surface area contributed by atoms with Crippen LogP contribution in [0.4, 0.5) is 20.2 Å². The predicted molar refractivity (Wildman–Crippen MR) is 171 cm³/mol. The molecule has 2 unspecified atom stereocenters. The number of benzene rings is 2. The molecule has 2 aliphatic heterocycles. The van der Waals surface area contributed by atoms with Crippen LogP contribution in [0.15, 0.2) is 89.0 Å². The average Bonchev–Trinajstić information content (AvgIpc) is 3.30. The minimum atomic E-state index is -3.50. The van der Waals surface area contributed by atoms with Crippen molar-refractivity contribution in [3.63, 3.8) is 0 Å². The Morgan fingerprint density at radius 3 is 2.60 bits per heavy atom. The Kier molecular flexibility index (Phi) is 7.86. The van der Waals surface area contributed by atoms with Crippen LogP contribution in [0.3, 0.4) is 0 Å². The lowest BCUT2D eigenvalue weighted by molar-refractivity contribution is -0.121. The Hall–Kier alpha value is -4.71. The number of nitrogens with zero attached hydrogens (tertiary/aromatic N) is 3. The molecule has 9 nitrogen and oxygen atoms in total. The molecule has 3 heterocycles. The standard InChI is InChI=1S/C33H33F2N5O4S/c1-38-14-13-25-22(19-45(3,43)44)15-21-18-40(27-11-10-23(34)16-26(27)35)32-20(17-36-31(29(21)32)30(25)33(38)42)9-12-28(41)37-39(2)24-7-5-4-6-8-24/h4-8,10-11,13-16,18,20,32,36H,9,12,17,19H2,1-3H3,(H,37,41). The number of sulfone groups is 1. The highest BCUT2D eigenvalue weighted by Crippen LogP contribution is 2.47. The number of carbonyl (C=O) groups is 1. The minimum absolute atomic E-state index is 0.133. The zero-order valence-corrected chi connectivity index (χ0v) is 25.9. The third-order valence-corrected chi connectivity index (χ3v) is 9.25. The second-order valence-electron chi connectivity index (χ2n) is 11.7. The molecule has 6 rings (SSSR count). The van der Waals surface area contributed by atoms with Crippen molar-refractivity contribution in [2.75, 3.05) is 35.5 Å². The second kappa shape index (κ2) is 11.7. The number of halogens is 2. The molecular formula is C33H33F2N5O4S. The molecule has 0 radical (unpaired) electrons. The molecule has 45 heavy (non-hydrogen) atoms. The summed E-state index contributed by atoms with van der Waals surface area (Å²) < 4.78 is 55.7. The van der Waals surface area contributed by atoms with Crippen molar-refractivity contribution in [3.05, 3.63) is 117 Å². The maximum atomic E-state index is 15.3. The summed E-state index contributed by atoms with van der Waals surface area (Å²) in [5.41, 5.74) is 6.65. The largest absolute Gasteiger partial charge is 0.384 e. The molecule has 0 spiro atoms. The molecule has 1 aliphatic carbocycles. The number of hydrazine groups is 1. The zero-order valence-electron chi connectivity index (χ0n) is 25.1. The fraction of sp³-hybridized carbons (Fsp3) is 0.273. The molecule has 0 bridgehead atoms. The van der Waals surface area contributed by atoms with E-state index in [2.05, 4.69) is 10.7 Å². The van der Waals surface area contributed by atoms with E-state index < -0.39 is 27.5 Å². The summed E-state index contributed by atoms with van der Waals surface area (Å²) in [7, 11) is -0.124. The summed E-state index contributed by atoms with van der Waals surface area (Å²) >= 11 is 0. The van der Waals surface area contributed by atoms with E-state index in [-0.39, 0.29) is 35.2 Å². The van der Waals surface area contributed by atoms with E-state index in [0.29, 0.717) is 46.5 Å². The molecule has 3 aliphatic rings. The lowest BCUT2D eigenvalue weighted by atomic mass is 9.82. The fourth-order valence-corrected chi connectivity index (χ4v) is 7.20. The van der Waals surface area contributed by atoms with Gasteiger partial charge in [-0.25, -0.2) is 17.2 Å². The smallest absolute Gasteiger partial charge is 0.260 e. The van der Waals surface area contributed by atoms with Gasteiger partial charge in [0.1, 0.15) is 11.6 Å². The van der Waals surface area contributed by atoms with E-state index in [1.54, 1.807) is 48.5 Å². The molecule has 1 amide bonds. The molecule has 2 aromatic carbocycles. The molecule has 1 aromatic heterocycles. The molecule has 234 valence electrons. The monoisotopic (exact) mass is 633 g/mol. The van der Waals surface area contributed by atoms with Crippen molar-refractivity contribution >= 4 is 38.4 Å². The maximum Gasteiger partial charge on any atom is 0.260 e. The van der Waals surface area contributed by atoms with Crippen molar-refractivity contribution < 1.29 is 22.0 Å². The summed E-state index contributed by atoms with van der Waals surface area (Å²) in [4.78, 5) is 28.4. The lowest BCUT2D eigenvalue weighted by Gasteiger charge is -2.39. The summed E-state index contributed by atoms with van der Waals surface area (Å²) in [6.45, 7) is 0.352. The van der Waals surface area contributed by atoms with Crippen LogP contribution in [0.1, 0.15) is 24.0 Å². The van der Waals surface area contributed by atoms with E-state index >= 15 is 4.39 Å². The van der Waals surface area contributed by atoms with E-state index in [1.165, 1.54) is 16.7 Å². The third kappa shape index (κ3) is 5.89. The summed E-state index contributed by atoms with van der Waals surface area (Å²) in [6.07, 6.45) is 6.76. The van der Waals surface area contributed by atoms with Crippen molar-refractivity contribution in [1.82, 2.24) is 15.3 Å². The van der Waals surface area contributed by atoms with Crippen LogP contribution in [0.5, 0.6) is 0 Å². The van der Waals surface area contributed by atoms with Gasteiger partial charge in [0.2, 0.25) is 5.91 Å². The first-order valence-corrected chi connectivity index (χ1v) is 16.6. The van der Waals surface area contributed by atoms with Crippen molar-refractivity contribution in [1.29, 1.82) is 0 Å². The van der Waals surface area contributed by atoms with Crippen molar-refractivity contribution in [3.8, 4) is 0 Å². The second-order valence-corrected chi connectivity index (χ2v) is 13.8. The first kappa shape index (κ1) is 30.3. The SMILES string of the molecule is CN(NC(=O)CCC1CNC2=C3C(=CN(c4ccc(F)cc4F)C31)C=C(CS(C)(=O)=O)c1ccn(C)c(=O)c12)c1ccccc1. The van der Waals surface area contributed by atoms with E-state index in [1.807, 2.05) is 30.3 Å². The van der Waals surface area contributed by atoms with Crippen molar-refractivity contribution in [2.24, 2.45) is 13.0 Å². The van der Waals surface area contributed by atoms with Crippen molar-refractivity contribution in [2.45, 2.75) is 18.9 Å². The highest BCUT2D eigenvalue weighted by Gasteiger charge is 2.44. The number of aryl methyl sites for hydroxylation is 1. The number of hydrogen-bond acceptors (Lipinski definition) is 7. The molecule has 3 aromatic rings. The highest BCUT2D eigenvalue weighted by molar-refractivity contribution is 7.91. The summed E-state index contributed by atoms with van der Waals surface area (Å²) in [5, 5.41) is 5.07. The Morgan fingerprint density at radius 1 is 1.13 bits per heavy atom. The number of rotatable bonds is 8. The van der Waals surface area contributed by atoms with Gasteiger partial charge in [0.05, 0.1) is 34.4 Å². The molecule has 2 N–H and O–H groups in total. The van der Waals surface area contributed by atoms with Gasteiger partial charge >= 0.3 is 0 Å². The maximum absolute atomic E-state index is 15.3. The minimum Gasteiger partial charge on any atom is -0.384 e. The predicted octanol–water partition coefficient (Wildman–Crippen LogP) is 3.76. The van der Waals surface area contributed by atoms with E-state index in [0.717, 1.165) is 18.0 Å². The average molecular weight is 634 g/mol. The van der Waals surface area contributed by atoms with Crippen LogP contribution in [-0.4, -0.2) is 50.5 Å². The van der Waals surface area contributed by atoms with Gasteiger partial charge in [-0.1, -0.05) is 18.2 Å². The molecule has 2 atom stereocenters. The van der Waals surface area contributed by atoms with E-state index in [4.69, 9.17) is 0 Å². The van der Waals surface area contributed by atoms with Crippen LogP contribution >= 0.6 is 0 Å². The molecule has 0 saturated carbocycles. The van der Waals surface area contributed by atoms with Crippen LogP contribution in [-0.2, 0) is 21.7 Å². The number of fused-ring (bicyclic) bond motifs is 2.